The summed E-state index contributed by atoms with van der Waals surface area (Å²) in [4.78, 5) is 0. The molecule has 0 aromatic rings. The fraction of sp³-hybridized carbons (Fsp3) is 0.667. The van der Waals surface area contributed by atoms with Crippen molar-refractivity contribution in [3.05, 3.63) is 22.3 Å². The molecule has 2 saturated heterocycles. The summed E-state index contributed by atoms with van der Waals surface area (Å²) in [6.45, 7) is 9.71. The van der Waals surface area contributed by atoms with Crippen molar-refractivity contribution in [2.75, 3.05) is 0 Å². The lowest BCUT2D eigenvalue weighted by Crippen LogP contribution is -2.23. The van der Waals surface area contributed by atoms with Crippen LogP contribution in [0.5, 0.6) is 0 Å². The maximum Gasteiger partial charge on any atom is 0.0215 e. The molecule has 2 bridgehead atoms. The minimum absolute atomic E-state index is 0.301. The Hall–Kier alpha value is 0.690. The molecule has 4 heterocycles. The van der Waals surface area contributed by atoms with Crippen molar-refractivity contribution in [2.24, 2.45) is 0 Å². The molecule has 4 unspecified atom stereocenters. The van der Waals surface area contributed by atoms with Gasteiger partial charge in [-0.05, 0) is 41.9 Å². The van der Waals surface area contributed by atoms with Crippen LogP contribution in [-0.2, 0) is 0 Å². The Labute approximate surface area is 98.0 Å². The lowest BCUT2D eigenvalue weighted by Gasteiger charge is -2.27. The van der Waals surface area contributed by atoms with Gasteiger partial charge in [-0.3, -0.25) is 0 Å². The van der Waals surface area contributed by atoms with E-state index in [4.69, 9.17) is 0 Å². The second kappa shape index (κ2) is 2.74. The fourth-order valence-electron chi connectivity index (χ4n) is 3.86. The van der Waals surface area contributed by atoms with Crippen molar-refractivity contribution >= 4 is 25.2 Å². The van der Waals surface area contributed by atoms with Crippen molar-refractivity contribution < 1.29 is 0 Å². The highest BCUT2D eigenvalue weighted by Crippen LogP contribution is 2.98. The first-order chi connectivity index (χ1) is 7.13. The largest absolute Gasteiger partial charge is 0.104 e. The molecule has 0 radical (unpaired) electrons. The number of hydrogen-bond acceptors (Lipinski definition) is 1. The van der Waals surface area contributed by atoms with E-state index >= 15 is 0 Å². The molecule has 80 valence electrons. The lowest BCUT2D eigenvalue weighted by atomic mass is 9.92. The van der Waals surface area contributed by atoms with Crippen LogP contribution in [0.4, 0.5) is 0 Å². The molecule has 0 aliphatic carbocycles. The van der Waals surface area contributed by atoms with Gasteiger partial charge in [0, 0.05) is 22.6 Å². The highest BCUT2D eigenvalue weighted by molar-refractivity contribution is 8.88. The molecule has 0 spiro atoms. The van der Waals surface area contributed by atoms with E-state index < -0.39 is 0 Å². The maximum atomic E-state index is 2.45. The van der Waals surface area contributed by atoms with Crippen molar-refractivity contribution in [3.8, 4) is 0 Å². The van der Waals surface area contributed by atoms with Crippen LogP contribution >= 0.6 is 25.2 Å². The molecule has 0 aromatic heterocycles. The zero-order valence-corrected chi connectivity index (χ0v) is 12.2. The van der Waals surface area contributed by atoms with Gasteiger partial charge in [0.05, 0.1) is 0 Å². The Morgan fingerprint density at radius 1 is 0.667 bits per heavy atom. The van der Waals surface area contributed by atoms with Crippen molar-refractivity contribution in [2.45, 2.75) is 50.3 Å². The number of fused-ring (bicyclic) bond motifs is 2. The normalized spacial score (nSPS) is 55.2. The van der Waals surface area contributed by atoms with Crippen LogP contribution in [0.25, 0.3) is 0 Å². The molecular formula is C12H16P2S. The Morgan fingerprint density at radius 2 is 0.933 bits per heavy atom. The maximum absolute atomic E-state index is 2.45. The van der Waals surface area contributed by atoms with Crippen LogP contribution in [-0.4, -0.2) is 22.6 Å². The summed E-state index contributed by atoms with van der Waals surface area (Å²) in [6.07, 6.45) is 0. The van der Waals surface area contributed by atoms with Gasteiger partial charge < -0.3 is 0 Å². The molecule has 0 nitrogen and oxygen atoms in total. The Balaban J connectivity index is 1.97. The minimum atomic E-state index is 0.301. The van der Waals surface area contributed by atoms with Crippen molar-refractivity contribution in [3.63, 3.8) is 0 Å². The molecule has 4 rings (SSSR count). The van der Waals surface area contributed by atoms with Crippen LogP contribution in [0, 0.1) is 0 Å². The fourth-order valence-corrected chi connectivity index (χ4v) is 23.2. The zero-order chi connectivity index (χ0) is 10.5. The molecule has 0 amide bonds. The summed E-state index contributed by atoms with van der Waals surface area (Å²) in [5, 5.41) is 0. The van der Waals surface area contributed by atoms with Crippen LogP contribution in [0.15, 0.2) is 22.3 Å². The van der Waals surface area contributed by atoms with Gasteiger partial charge in [0.15, 0.2) is 0 Å². The average molecular weight is 254 g/mol. The van der Waals surface area contributed by atoms with E-state index in [2.05, 4.69) is 38.7 Å². The smallest absolute Gasteiger partial charge is 0.0215 e. The van der Waals surface area contributed by atoms with E-state index in [1.54, 1.807) is 22.3 Å². The molecule has 15 heavy (non-hydrogen) atoms. The topological polar surface area (TPSA) is 0 Å². The minimum Gasteiger partial charge on any atom is -0.104 e. The average Bonchev–Trinajstić information content (AvgIpc) is 2.85. The quantitative estimate of drug-likeness (QED) is 0.445. The summed E-state index contributed by atoms with van der Waals surface area (Å²) < 4.78 is 0. The second-order valence-corrected chi connectivity index (χ2v) is 13.6. The van der Waals surface area contributed by atoms with Gasteiger partial charge in [0.25, 0.3) is 0 Å². The van der Waals surface area contributed by atoms with Crippen LogP contribution in [0.3, 0.4) is 0 Å². The highest BCUT2D eigenvalue weighted by Gasteiger charge is 2.66. The first-order valence-corrected chi connectivity index (χ1v) is 10.7. The second-order valence-electron chi connectivity index (χ2n) is 5.31. The standard InChI is InChI=1S/C12H16P2S/c1-5-6(2)10-12-8(4)7(3)11-9(5)13(10)15-14(11)12/h9-12H,1-4H3. The Kier molecular flexibility index (Phi) is 1.77. The summed E-state index contributed by atoms with van der Waals surface area (Å²) in [6, 6.07) is 0. The molecular weight excluding hydrogens is 238 g/mol. The van der Waals surface area contributed by atoms with Gasteiger partial charge in [0.2, 0.25) is 0 Å². The lowest BCUT2D eigenvalue weighted by molar-refractivity contribution is 0.928. The number of hydrogen-bond donors (Lipinski definition) is 0. The van der Waals surface area contributed by atoms with Crippen LogP contribution in [0.1, 0.15) is 27.7 Å². The summed E-state index contributed by atoms with van der Waals surface area (Å²) in [5.74, 6) is 0. The predicted molar refractivity (Wildman–Crippen MR) is 73.3 cm³/mol. The third-order valence-electron chi connectivity index (χ3n) is 4.90. The molecule has 3 heteroatoms. The van der Waals surface area contributed by atoms with E-state index in [9.17, 15) is 0 Å². The first kappa shape index (κ1) is 9.69. The third kappa shape index (κ3) is 0.852. The van der Waals surface area contributed by atoms with Gasteiger partial charge in [-0.25, -0.2) is 0 Å². The van der Waals surface area contributed by atoms with Gasteiger partial charge in [-0.15, -0.1) is 11.0 Å². The first-order valence-electron chi connectivity index (χ1n) is 5.72. The summed E-state index contributed by atoms with van der Waals surface area (Å²) >= 11 is 2.45. The van der Waals surface area contributed by atoms with Crippen LogP contribution < -0.4 is 0 Å². The molecule has 2 fully saturated rings. The van der Waals surface area contributed by atoms with E-state index in [-0.39, 0.29) is 0 Å². The van der Waals surface area contributed by atoms with E-state index in [1.807, 2.05) is 0 Å². The van der Waals surface area contributed by atoms with Gasteiger partial charge in [0.1, 0.15) is 0 Å². The predicted octanol–water partition coefficient (Wildman–Crippen LogP) is 4.72. The van der Waals surface area contributed by atoms with Gasteiger partial charge in [-0.1, -0.05) is 22.3 Å². The van der Waals surface area contributed by atoms with Crippen molar-refractivity contribution in [1.29, 1.82) is 0 Å². The molecule has 4 aliphatic heterocycles. The van der Waals surface area contributed by atoms with E-state index in [0.29, 0.717) is 14.2 Å². The highest BCUT2D eigenvalue weighted by atomic mass is 33.1. The van der Waals surface area contributed by atoms with Crippen molar-refractivity contribution in [1.82, 2.24) is 0 Å². The third-order valence-corrected chi connectivity index (χ3v) is 17.9. The Bertz CT molecular complexity index is 361. The monoisotopic (exact) mass is 254 g/mol. The van der Waals surface area contributed by atoms with Gasteiger partial charge >= 0.3 is 0 Å². The molecule has 0 saturated carbocycles. The van der Waals surface area contributed by atoms with E-state index in [0.717, 1.165) is 22.6 Å². The molecule has 0 aromatic carbocycles. The zero-order valence-electron chi connectivity index (χ0n) is 9.61. The van der Waals surface area contributed by atoms with E-state index in [1.165, 1.54) is 0 Å². The number of rotatable bonds is 0. The molecule has 4 atom stereocenters. The van der Waals surface area contributed by atoms with Gasteiger partial charge in [-0.2, -0.15) is 0 Å². The molecule has 0 N–H and O–H groups in total. The molecule has 4 aliphatic rings. The van der Waals surface area contributed by atoms with Crippen LogP contribution in [0.2, 0.25) is 0 Å². The Morgan fingerprint density at radius 3 is 1.20 bits per heavy atom. The SMILES string of the molecule is CC1=C(C)C2C3C(C)=C(C)C4C1P2SP43. The summed E-state index contributed by atoms with van der Waals surface area (Å²) in [7, 11) is 0.603. The number of allylic oxidation sites excluding steroid dienone is 4. The summed E-state index contributed by atoms with van der Waals surface area (Å²) in [5.41, 5.74) is 11.2.